The number of hydrogen-bond donors (Lipinski definition) is 1. The molecule has 0 aromatic carbocycles. The molecule has 0 bridgehead atoms. The summed E-state index contributed by atoms with van der Waals surface area (Å²) in [4.78, 5) is 15.1. The van der Waals surface area contributed by atoms with E-state index in [1.165, 1.54) is 12.6 Å². The highest BCUT2D eigenvalue weighted by Gasteiger charge is 2.30. The number of carbonyl (C=O) groups excluding carboxylic acids is 1. The van der Waals surface area contributed by atoms with Crippen molar-refractivity contribution < 1.29 is 17.9 Å². The summed E-state index contributed by atoms with van der Waals surface area (Å²) in [6, 6.07) is -0.0207. The van der Waals surface area contributed by atoms with Crippen molar-refractivity contribution in [2.24, 2.45) is 0 Å². The molecule has 1 heterocycles. The molecule has 8 heteroatoms. The zero-order valence-corrected chi connectivity index (χ0v) is 10.8. The molecule has 1 aliphatic rings. The predicted octanol–water partition coefficient (Wildman–Crippen LogP) is 0.760. The molecule has 1 aromatic heterocycles. The Morgan fingerprint density at radius 1 is 1.59 bits per heavy atom. The van der Waals surface area contributed by atoms with Gasteiger partial charge in [0.15, 0.2) is 9.90 Å². The van der Waals surface area contributed by atoms with Gasteiger partial charge in [0, 0.05) is 6.04 Å². The Labute approximate surface area is 103 Å². The number of nitrogens with zero attached hydrogens (tertiary/aromatic N) is 1. The molecule has 0 unspecified atom stereocenters. The standard InChI is InChI=1S/C9H12N2O4S2/c1-15-8(12)7-9(16-5-10-7)17(13,14)11-6-3-2-4-6/h5-6,11H,2-4H2,1H3. The van der Waals surface area contributed by atoms with Crippen LogP contribution in [0.1, 0.15) is 29.8 Å². The number of hydrogen-bond acceptors (Lipinski definition) is 6. The number of sulfonamides is 1. The molecule has 0 saturated heterocycles. The van der Waals surface area contributed by atoms with Crippen LogP contribution >= 0.6 is 11.3 Å². The Bertz CT molecular complexity index is 519. The molecule has 1 aromatic rings. The van der Waals surface area contributed by atoms with Crippen LogP contribution in [-0.4, -0.2) is 32.5 Å². The summed E-state index contributed by atoms with van der Waals surface area (Å²) in [6.45, 7) is 0. The second kappa shape index (κ2) is 4.71. The number of esters is 1. The second-order valence-corrected chi connectivity index (χ2v) is 6.49. The van der Waals surface area contributed by atoms with Crippen LogP contribution in [0, 0.1) is 0 Å². The van der Waals surface area contributed by atoms with Gasteiger partial charge in [-0.1, -0.05) is 6.42 Å². The fourth-order valence-electron chi connectivity index (χ4n) is 1.46. The molecule has 0 aliphatic heterocycles. The minimum atomic E-state index is -3.66. The first-order valence-corrected chi connectivity index (χ1v) is 7.45. The van der Waals surface area contributed by atoms with E-state index in [0.29, 0.717) is 0 Å². The lowest BCUT2D eigenvalue weighted by Gasteiger charge is -2.25. The van der Waals surface area contributed by atoms with E-state index in [2.05, 4.69) is 14.4 Å². The lowest BCUT2D eigenvalue weighted by Crippen LogP contribution is -2.39. The van der Waals surface area contributed by atoms with E-state index < -0.39 is 16.0 Å². The first-order chi connectivity index (χ1) is 8.04. The first-order valence-electron chi connectivity index (χ1n) is 5.08. The molecule has 1 saturated carbocycles. The van der Waals surface area contributed by atoms with Crippen molar-refractivity contribution in [3.05, 3.63) is 11.2 Å². The van der Waals surface area contributed by atoms with Gasteiger partial charge in [0.25, 0.3) is 10.0 Å². The molecule has 17 heavy (non-hydrogen) atoms. The van der Waals surface area contributed by atoms with Gasteiger partial charge in [-0.15, -0.1) is 11.3 Å². The van der Waals surface area contributed by atoms with Crippen molar-refractivity contribution in [3.63, 3.8) is 0 Å². The molecule has 94 valence electrons. The summed E-state index contributed by atoms with van der Waals surface area (Å²) in [5.74, 6) is -0.736. The van der Waals surface area contributed by atoms with Crippen LogP contribution in [-0.2, 0) is 14.8 Å². The molecule has 0 radical (unpaired) electrons. The maximum Gasteiger partial charge on any atom is 0.358 e. The van der Waals surface area contributed by atoms with Gasteiger partial charge in [0.2, 0.25) is 0 Å². The molecular formula is C9H12N2O4S2. The number of methoxy groups -OCH3 is 1. The highest BCUT2D eigenvalue weighted by atomic mass is 32.2. The van der Waals surface area contributed by atoms with Gasteiger partial charge < -0.3 is 4.74 Å². The number of carbonyl (C=O) groups is 1. The van der Waals surface area contributed by atoms with E-state index in [0.717, 1.165) is 30.6 Å². The van der Waals surface area contributed by atoms with E-state index in [9.17, 15) is 13.2 Å². The summed E-state index contributed by atoms with van der Waals surface area (Å²) < 4.78 is 30.9. The smallest absolute Gasteiger partial charge is 0.358 e. The van der Waals surface area contributed by atoms with Crippen molar-refractivity contribution in [1.82, 2.24) is 9.71 Å². The average Bonchev–Trinajstić information content (AvgIpc) is 2.72. The topological polar surface area (TPSA) is 85.4 Å². The van der Waals surface area contributed by atoms with E-state index in [1.807, 2.05) is 0 Å². The number of aromatic nitrogens is 1. The zero-order chi connectivity index (χ0) is 12.5. The van der Waals surface area contributed by atoms with Crippen molar-refractivity contribution in [3.8, 4) is 0 Å². The average molecular weight is 276 g/mol. The van der Waals surface area contributed by atoms with Crippen LogP contribution in [0.2, 0.25) is 0 Å². The van der Waals surface area contributed by atoms with Gasteiger partial charge in [-0.25, -0.2) is 22.9 Å². The molecule has 6 nitrogen and oxygen atoms in total. The molecule has 1 aliphatic carbocycles. The van der Waals surface area contributed by atoms with Gasteiger partial charge >= 0.3 is 5.97 Å². The number of nitrogens with one attached hydrogen (secondary N) is 1. The minimum absolute atomic E-state index is 0.0207. The lowest BCUT2D eigenvalue weighted by molar-refractivity contribution is 0.0590. The number of ether oxygens (including phenoxy) is 1. The Morgan fingerprint density at radius 2 is 2.29 bits per heavy atom. The summed E-state index contributed by atoms with van der Waals surface area (Å²) in [5.41, 5.74) is 1.17. The molecule has 1 N–H and O–H groups in total. The van der Waals surface area contributed by atoms with Crippen LogP contribution in [0.25, 0.3) is 0 Å². The Morgan fingerprint density at radius 3 is 2.82 bits per heavy atom. The zero-order valence-electron chi connectivity index (χ0n) is 9.17. The Hall–Kier alpha value is -0.990. The van der Waals surface area contributed by atoms with Crippen molar-refractivity contribution >= 4 is 27.3 Å². The first kappa shape index (κ1) is 12.5. The Kier molecular flexibility index (Phi) is 3.45. The fraction of sp³-hybridized carbons (Fsp3) is 0.556. The SMILES string of the molecule is COC(=O)c1ncsc1S(=O)(=O)NC1CCC1. The largest absolute Gasteiger partial charge is 0.464 e. The third-order valence-electron chi connectivity index (χ3n) is 2.58. The quantitative estimate of drug-likeness (QED) is 0.821. The van der Waals surface area contributed by atoms with Crippen molar-refractivity contribution in [1.29, 1.82) is 0 Å². The maximum absolute atomic E-state index is 12.0. The van der Waals surface area contributed by atoms with Gasteiger partial charge in [-0.2, -0.15) is 0 Å². The molecule has 0 atom stereocenters. The molecule has 2 rings (SSSR count). The summed E-state index contributed by atoms with van der Waals surface area (Å²) >= 11 is 0.914. The van der Waals surface area contributed by atoms with Crippen molar-refractivity contribution in [2.75, 3.05) is 7.11 Å². The molecular weight excluding hydrogens is 264 g/mol. The normalized spacial score (nSPS) is 16.5. The van der Waals surface area contributed by atoms with Gasteiger partial charge in [-0.3, -0.25) is 0 Å². The van der Waals surface area contributed by atoms with E-state index in [1.54, 1.807) is 0 Å². The van der Waals surface area contributed by atoms with Crippen LogP contribution in [0.15, 0.2) is 9.72 Å². The fourth-order valence-corrected chi connectivity index (χ4v) is 3.91. The summed E-state index contributed by atoms with van der Waals surface area (Å²) in [5, 5.41) is 0. The van der Waals surface area contributed by atoms with Crippen LogP contribution in [0.3, 0.4) is 0 Å². The highest BCUT2D eigenvalue weighted by molar-refractivity contribution is 7.91. The number of rotatable bonds is 4. The molecule has 0 amide bonds. The van der Waals surface area contributed by atoms with E-state index >= 15 is 0 Å². The van der Waals surface area contributed by atoms with Gasteiger partial charge in [0.05, 0.1) is 12.6 Å². The van der Waals surface area contributed by atoms with Gasteiger partial charge in [0.1, 0.15) is 0 Å². The van der Waals surface area contributed by atoms with Gasteiger partial charge in [-0.05, 0) is 12.8 Å². The minimum Gasteiger partial charge on any atom is -0.464 e. The maximum atomic E-state index is 12.0. The van der Waals surface area contributed by atoms with Crippen LogP contribution in [0.4, 0.5) is 0 Å². The molecule has 1 fully saturated rings. The monoisotopic (exact) mass is 276 g/mol. The van der Waals surface area contributed by atoms with Crippen LogP contribution < -0.4 is 4.72 Å². The summed E-state index contributed by atoms with van der Waals surface area (Å²) in [6.07, 6.45) is 2.71. The highest BCUT2D eigenvalue weighted by Crippen LogP contribution is 2.25. The number of thiazole rings is 1. The van der Waals surface area contributed by atoms with E-state index in [-0.39, 0.29) is 15.9 Å². The third-order valence-corrected chi connectivity index (χ3v) is 5.47. The predicted molar refractivity (Wildman–Crippen MR) is 61.4 cm³/mol. The second-order valence-electron chi connectivity index (χ2n) is 3.73. The van der Waals surface area contributed by atoms with E-state index in [4.69, 9.17) is 0 Å². The lowest BCUT2D eigenvalue weighted by atomic mass is 9.94. The Balaban J connectivity index is 2.26. The van der Waals surface area contributed by atoms with Crippen LogP contribution in [0.5, 0.6) is 0 Å². The molecule has 0 spiro atoms. The third kappa shape index (κ3) is 2.48. The summed E-state index contributed by atoms with van der Waals surface area (Å²) in [7, 11) is -2.47. The van der Waals surface area contributed by atoms with Crippen molar-refractivity contribution in [2.45, 2.75) is 29.5 Å².